The van der Waals surface area contributed by atoms with E-state index in [0.717, 1.165) is 5.56 Å². The summed E-state index contributed by atoms with van der Waals surface area (Å²) in [7, 11) is 0. The minimum Gasteiger partial charge on any atom is -0.423 e. The van der Waals surface area contributed by atoms with Crippen molar-refractivity contribution in [1.82, 2.24) is 0 Å². The van der Waals surface area contributed by atoms with E-state index in [1.165, 1.54) is 0 Å². The van der Waals surface area contributed by atoms with Gasteiger partial charge < -0.3 is 4.74 Å². The highest BCUT2D eigenvalue weighted by Crippen LogP contribution is 2.30. The Morgan fingerprint density at radius 2 is 2.00 bits per heavy atom. The summed E-state index contributed by atoms with van der Waals surface area (Å²) >= 11 is 0. The fourth-order valence-electron chi connectivity index (χ4n) is 1.52. The summed E-state index contributed by atoms with van der Waals surface area (Å²) in [6.45, 7) is 5.69. The zero-order chi connectivity index (χ0) is 10.8. The van der Waals surface area contributed by atoms with E-state index in [9.17, 15) is 4.79 Å². The van der Waals surface area contributed by atoms with Crippen LogP contribution in [0.1, 0.15) is 22.8 Å². The zero-order valence-electron chi connectivity index (χ0n) is 8.57. The van der Waals surface area contributed by atoms with Crippen LogP contribution >= 0.6 is 0 Å². The lowest BCUT2D eigenvalue weighted by atomic mass is 10.1. The van der Waals surface area contributed by atoms with E-state index >= 15 is 0 Å². The van der Waals surface area contributed by atoms with E-state index in [1.54, 1.807) is 6.07 Å². The first-order valence-corrected chi connectivity index (χ1v) is 4.88. The summed E-state index contributed by atoms with van der Waals surface area (Å²) in [5, 5.41) is 0. The Kier molecular flexibility index (Phi) is 2.42. The molecule has 1 unspecified atom stereocenters. The van der Waals surface area contributed by atoms with Crippen LogP contribution in [0.4, 0.5) is 0 Å². The molecule has 0 spiro atoms. The molecule has 2 rings (SSSR count). The Hall–Kier alpha value is -1.83. The van der Waals surface area contributed by atoms with Crippen molar-refractivity contribution in [2.24, 2.45) is 5.92 Å². The van der Waals surface area contributed by atoms with Gasteiger partial charge in [-0.25, -0.2) is 4.79 Å². The second kappa shape index (κ2) is 3.73. The van der Waals surface area contributed by atoms with E-state index in [-0.39, 0.29) is 11.9 Å². The van der Waals surface area contributed by atoms with Gasteiger partial charge in [-0.15, -0.1) is 6.58 Å². The van der Waals surface area contributed by atoms with Gasteiger partial charge in [0.2, 0.25) is 0 Å². The maximum absolute atomic E-state index is 11.5. The van der Waals surface area contributed by atoms with Crippen LogP contribution < -0.4 is 0 Å². The molecule has 0 aliphatic carbocycles. The highest BCUT2D eigenvalue weighted by atomic mass is 16.5. The molecule has 1 aromatic rings. The van der Waals surface area contributed by atoms with Gasteiger partial charge in [0.25, 0.3) is 0 Å². The molecular formula is C13H12O2. The molecule has 1 aliphatic rings. The van der Waals surface area contributed by atoms with Gasteiger partial charge in [-0.1, -0.05) is 31.2 Å². The Morgan fingerprint density at radius 3 is 2.67 bits per heavy atom. The molecule has 76 valence electrons. The van der Waals surface area contributed by atoms with Crippen molar-refractivity contribution in [1.29, 1.82) is 0 Å². The third-order valence-electron chi connectivity index (χ3n) is 2.40. The number of carbonyl (C=O) groups excluding carboxylic acids is 1. The second-order valence-corrected chi connectivity index (χ2v) is 3.56. The number of rotatable bonds is 2. The number of ether oxygens (including phenoxy) is 1. The number of esters is 1. The monoisotopic (exact) mass is 200 g/mol. The van der Waals surface area contributed by atoms with Crippen LogP contribution in [0.5, 0.6) is 0 Å². The Balaban J connectivity index is 2.45. The lowest BCUT2D eigenvalue weighted by Gasteiger charge is -2.01. The van der Waals surface area contributed by atoms with Gasteiger partial charge >= 0.3 is 5.97 Å². The lowest BCUT2D eigenvalue weighted by molar-refractivity contribution is 0.0715. The van der Waals surface area contributed by atoms with Gasteiger partial charge in [0.1, 0.15) is 5.76 Å². The first-order valence-electron chi connectivity index (χ1n) is 4.88. The van der Waals surface area contributed by atoms with Gasteiger partial charge in [-0.2, -0.15) is 0 Å². The summed E-state index contributed by atoms with van der Waals surface area (Å²) in [4.78, 5) is 11.5. The zero-order valence-corrected chi connectivity index (χ0v) is 8.57. The summed E-state index contributed by atoms with van der Waals surface area (Å²) in [6.07, 6.45) is 3.71. The van der Waals surface area contributed by atoms with Crippen molar-refractivity contribution in [3.8, 4) is 0 Å². The molecule has 0 saturated carbocycles. The van der Waals surface area contributed by atoms with Crippen molar-refractivity contribution < 1.29 is 9.53 Å². The molecule has 0 aromatic heterocycles. The van der Waals surface area contributed by atoms with Crippen LogP contribution in [0.2, 0.25) is 0 Å². The van der Waals surface area contributed by atoms with Gasteiger partial charge in [-0.05, 0) is 18.1 Å². The molecule has 0 radical (unpaired) electrons. The third kappa shape index (κ3) is 1.71. The van der Waals surface area contributed by atoms with E-state index in [4.69, 9.17) is 4.74 Å². The van der Waals surface area contributed by atoms with Crippen LogP contribution in [0, 0.1) is 5.92 Å². The van der Waals surface area contributed by atoms with Crippen LogP contribution in [0.25, 0.3) is 5.76 Å². The van der Waals surface area contributed by atoms with Gasteiger partial charge in [0, 0.05) is 5.56 Å². The topological polar surface area (TPSA) is 26.3 Å². The van der Waals surface area contributed by atoms with Crippen LogP contribution in [-0.2, 0) is 4.74 Å². The maximum Gasteiger partial charge on any atom is 0.344 e. The first kappa shape index (κ1) is 9.71. The molecule has 2 nitrogen and oxygen atoms in total. The van der Waals surface area contributed by atoms with Crippen molar-refractivity contribution in [2.75, 3.05) is 0 Å². The Labute approximate surface area is 88.9 Å². The maximum atomic E-state index is 11.5. The second-order valence-electron chi connectivity index (χ2n) is 3.56. The van der Waals surface area contributed by atoms with Gasteiger partial charge in [0.15, 0.2) is 0 Å². The average Bonchev–Trinajstić information content (AvgIpc) is 2.57. The van der Waals surface area contributed by atoms with E-state index < -0.39 is 0 Å². The van der Waals surface area contributed by atoms with Crippen LogP contribution in [0.15, 0.2) is 43.0 Å². The average molecular weight is 200 g/mol. The van der Waals surface area contributed by atoms with Crippen LogP contribution in [0.3, 0.4) is 0 Å². The van der Waals surface area contributed by atoms with Gasteiger partial charge in [0.05, 0.1) is 5.56 Å². The molecule has 1 aromatic carbocycles. The Morgan fingerprint density at radius 1 is 1.33 bits per heavy atom. The molecule has 1 atom stereocenters. The van der Waals surface area contributed by atoms with E-state index in [2.05, 4.69) is 6.58 Å². The standard InChI is InChI=1S/C13H12O2/c1-3-9(2)8-12-10-6-4-5-7-11(10)13(14)15-12/h3-9H,1H2,2H3/b12-8-. The van der Waals surface area contributed by atoms with E-state index in [0.29, 0.717) is 11.3 Å². The fraction of sp³-hybridized carbons (Fsp3) is 0.154. The third-order valence-corrected chi connectivity index (χ3v) is 2.40. The van der Waals surface area contributed by atoms with Crippen molar-refractivity contribution >= 4 is 11.7 Å². The molecule has 2 heteroatoms. The molecule has 1 heterocycles. The number of cyclic esters (lactones) is 1. The summed E-state index contributed by atoms with van der Waals surface area (Å²) in [5.41, 5.74) is 1.51. The number of carbonyl (C=O) groups is 1. The summed E-state index contributed by atoms with van der Waals surface area (Å²) in [6, 6.07) is 7.39. The molecule has 0 bridgehead atoms. The minimum absolute atomic E-state index is 0.193. The lowest BCUT2D eigenvalue weighted by Crippen LogP contribution is -1.92. The van der Waals surface area contributed by atoms with Crippen molar-refractivity contribution in [3.63, 3.8) is 0 Å². The highest BCUT2D eigenvalue weighted by molar-refractivity contribution is 6.02. The van der Waals surface area contributed by atoms with Crippen molar-refractivity contribution in [3.05, 3.63) is 54.1 Å². The number of benzene rings is 1. The van der Waals surface area contributed by atoms with Crippen molar-refractivity contribution in [2.45, 2.75) is 6.92 Å². The largest absolute Gasteiger partial charge is 0.423 e. The van der Waals surface area contributed by atoms with Gasteiger partial charge in [-0.3, -0.25) is 0 Å². The molecule has 1 aliphatic heterocycles. The number of hydrogen-bond acceptors (Lipinski definition) is 2. The number of hydrogen-bond donors (Lipinski definition) is 0. The molecule has 0 amide bonds. The molecule has 0 N–H and O–H groups in total. The normalized spacial score (nSPS) is 18.5. The quantitative estimate of drug-likeness (QED) is 0.541. The predicted octanol–water partition coefficient (Wildman–Crippen LogP) is 3.02. The number of allylic oxidation sites excluding steroid dienone is 2. The molecular weight excluding hydrogens is 188 g/mol. The predicted molar refractivity (Wildman–Crippen MR) is 59.2 cm³/mol. The fourth-order valence-corrected chi connectivity index (χ4v) is 1.52. The van der Waals surface area contributed by atoms with Crippen LogP contribution in [-0.4, -0.2) is 5.97 Å². The Bertz CT molecular complexity index is 444. The first-order chi connectivity index (χ1) is 7.22. The highest BCUT2D eigenvalue weighted by Gasteiger charge is 2.25. The number of fused-ring (bicyclic) bond motifs is 1. The smallest absolute Gasteiger partial charge is 0.344 e. The van der Waals surface area contributed by atoms with E-state index in [1.807, 2.05) is 37.3 Å². The summed E-state index contributed by atoms with van der Waals surface area (Å²) < 4.78 is 5.18. The summed E-state index contributed by atoms with van der Waals surface area (Å²) in [5.74, 6) is 0.565. The molecule has 0 saturated heterocycles. The molecule has 15 heavy (non-hydrogen) atoms. The minimum atomic E-state index is -0.270. The molecule has 0 fully saturated rings. The SMILES string of the molecule is C=CC(C)/C=C1\OC(=O)c2ccccc21.